The summed E-state index contributed by atoms with van der Waals surface area (Å²) in [6.07, 6.45) is 0. The van der Waals surface area contributed by atoms with E-state index in [1.54, 1.807) is 11.7 Å². The van der Waals surface area contributed by atoms with E-state index in [-0.39, 0.29) is 11.3 Å². The molecule has 3 aromatic rings. The molecule has 0 bridgehead atoms. The average molecular weight is 320 g/mol. The van der Waals surface area contributed by atoms with Crippen LogP contribution in [0.1, 0.15) is 42.4 Å². The Morgan fingerprint density at radius 2 is 1.75 bits per heavy atom. The predicted molar refractivity (Wildman–Crippen MR) is 96.9 cm³/mol. The van der Waals surface area contributed by atoms with Crippen LogP contribution < -0.4 is 4.74 Å². The van der Waals surface area contributed by atoms with Gasteiger partial charge in [-0.15, -0.1) is 0 Å². The first-order valence-corrected chi connectivity index (χ1v) is 8.06. The monoisotopic (exact) mass is 320 g/mol. The highest BCUT2D eigenvalue weighted by Crippen LogP contribution is 2.38. The number of hydrogen-bond acceptors (Lipinski definition) is 2. The topological polar surface area (TPSA) is 31.2 Å². The molecule has 24 heavy (non-hydrogen) atoms. The first-order valence-electron chi connectivity index (χ1n) is 8.06. The van der Waals surface area contributed by atoms with Crippen molar-refractivity contribution >= 4 is 16.8 Å². The van der Waals surface area contributed by atoms with E-state index in [4.69, 9.17) is 4.74 Å². The van der Waals surface area contributed by atoms with Crippen LogP contribution in [0.15, 0.2) is 42.5 Å². The number of methoxy groups -OCH3 is 1. The van der Waals surface area contributed by atoms with Gasteiger partial charge in [-0.05, 0) is 36.6 Å². The Labute approximate surface area is 142 Å². The van der Waals surface area contributed by atoms with Gasteiger partial charge in [0.25, 0.3) is 5.91 Å². The van der Waals surface area contributed by atoms with Gasteiger partial charge in [0, 0.05) is 28.3 Å². The Morgan fingerprint density at radius 3 is 2.33 bits per heavy atom. The molecule has 0 aliphatic heterocycles. The molecule has 0 aliphatic carbocycles. The highest BCUT2D eigenvalue weighted by atomic mass is 16.5. The molecule has 3 rings (SSSR count). The fourth-order valence-corrected chi connectivity index (χ4v) is 3.19. The van der Waals surface area contributed by atoms with Crippen LogP contribution in [0.3, 0.4) is 0 Å². The number of carbonyl (C=O) groups is 1. The van der Waals surface area contributed by atoms with Crippen LogP contribution in [0.25, 0.3) is 10.9 Å². The van der Waals surface area contributed by atoms with Crippen molar-refractivity contribution in [1.29, 1.82) is 0 Å². The van der Waals surface area contributed by atoms with E-state index < -0.39 is 0 Å². The Hall–Kier alpha value is -2.55. The molecule has 0 atom stereocenters. The van der Waals surface area contributed by atoms with Gasteiger partial charge in [0.2, 0.25) is 0 Å². The van der Waals surface area contributed by atoms with Crippen LogP contribution in [0.2, 0.25) is 0 Å². The first kappa shape index (κ1) is 16.3. The molecule has 0 amide bonds. The van der Waals surface area contributed by atoms with Gasteiger partial charge in [0.05, 0.1) is 12.6 Å². The fraction of sp³-hybridized carbons (Fsp3) is 0.286. The minimum absolute atomic E-state index is 0.0376. The average Bonchev–Trinajstić information content (AvgIpc) is 2.88. The Kier molecular flexibility index (Phi) is 3.96. The largest absolute Gasteiger partial charge is 0.496 e. The smallest absolute Gasteiger partial charge is 0.262 e. The summed E-state index contributed by atoms with van der Waals surface area (Å²) >= 11 is 0. The minimum atomic E-state index is -0.115. The zero-order valence-corrected chi connectivity index (χ0v) is 14.8. The van der Waals surface area contributed by atoms with E-state index in [0.29, 0.717) is 5.56 Å². The maximum atomic E-state index is 13.0. The number of benzene rings is 2. The molecular weight excluding hydrogens is 298 g/mol. The van der Waals surface area contributed by atoms with Crippen LogP contribution in [-0.2, 0) is 5.41 Å². The van der Waals surface area contributed by atoms with Gasteiger partial charge in [0.1, 0.15) is 5.75 Å². The number of aryl methyl sites for hydroxylation is 1. The molecule has 0 spiro atoms. The maximum absolute atomic E-state index is 13.0. The van der Waals surface area contributed by atoms with Crippen molar-refractivity contribution in [2.75, 3.05) is 7.11 Å². The van der Waals surface area contributed by atoms with E-state index in [9.17, 15) is 4.79 Å². The highest BCUT2D eigenvalue weighted by molar-refractivity contribution is 6.03. The summed E-state index contributed by atoms with van der Waals surface area (Å²) in [7, 11) is 1.68. The summed E-state index contributed by atoms with van der Waals surface area (Å²) in [6, 6.07) is 16.6. The first-order chi connectivity index (χ1) is 11.3. The van der Waals surface area contributed by atoms with E-state index in [2.05, 4.69) is 26.8 Å². The Morgan fingerprint density at radius 1 is 1.08 bits per heavy atom. The third kappa shape index (κ3) is 2.60. The molecule has 3 heteroatoms. The van der Waals surface area contributed by atoms with Crippen LogP contribution >= 0.6 is 0 Å². The van der Waals surface area contributed by atoms with Gasteiger partial charge < -0.3 is 4.74 Å². The lowest BCUT2D eigenvalue weighted by Crippen LogP contribution is -2.15. The second-order valence-electron chi connectivity index (χ2n) is 7.00. The van der Waals surface area contributed by atoms with Gasteiger partial charge in [0.15, 0.2) is 0 Å². The minimum Gasteiger partial charge on any atom is -0.496 e. The van der Waals surface area contributed by atoms with Crippen molar-refractivity contribution in [3.8, 4) is 5.75 Å². The SMILES string of the molecule is COc1ccc2c([c]c(C)n2C(=O)c2ccccc2)c1C(C)(C)C. The van der Waals surface area contributed by atoms with E-state index >= 15 is 0 Å². The number of ether oxygens (including phenoxy) is 1. The lowest BCUT2D eigenvalue weighted by atomic mass is 9.84. The summed E-state index contributed by atoms with van der Waals surface area (Å²) in [5.41, 5.74) is 3.30. The fourth-order valence-electron chi connectivity index (χ4n) is 3.19. The van der Waals surface area contributed by atoms with E-state index in [0.717, 1.165) is 27.9 Å². The third-order valence-electron chi connectivity index (χ3n) is 4.22. The molecule has 0 unspecified atom stereocenters. The van der Waals surface area contributed by atoms with E-state index in [1.807, 2.05) is 49.4 Å². The Bertz CT molecular complexity index is 899. The molecule has 0 saturated carbocycles. The molecular formula is C21H22NO2. The molecule has 0 N–H and O–H groups in total. The van der Waals surface area contributed by atoms with E-state index in [1.165, 1.54) is 0 Å². The number of nitrogens with zero attached hydrogens (tertiary/aromatic N) is 1. The van der Waals surface area contributed by atoms with Crippen LogP contribution in [0.4, 0.5) is 0 Å². The highest BCUT2D eigenvalue weighted by Gasteiger charge is 2.25. The summed E-state index contributed by atoms with van der Waals surface area (Å²) in [5.74, 6) is 0.792. The van der Waals surface area contributed by atoms with Gasteiger partial charge in [-0.2, -0.15) is 0 Å². The van der Waals surface area contributed by atoms with Crippen LogP contribution in [-0.4, -0.2) is 17.6 Å². The summed E-state index contributed by atoms with van der Waals surface area (Å²) < 4.78 is 7.30. The second kappa shape index (κ2) is 5.82. The van der Waals surface area contributed by atoms with Gasteiger partial charge in [-0.25, -0.2) is 0 Å². The zero-order chi connectivity index (χ0) is 17.5. The number of aromatic nitrogens is 1. The molecule has 1 radical (unpaired) electrons. The molecule has 1 aromatic heterocycles. The molecule has 123 valence electrons. The third-order valence-corrected chi connectivity index (χ3v) is 4.22. The van der Waals surface area contributed by atoms with Crippen molar-refractivity contribution in [1.82, 2.24) is 4.57 Å². The van der Waals surface area contributed by atoms with Crippen LogP contribution in [0.5, 0.6) is 5.75 Å². The van der Waals surface area contributed by atoms with Gasteiger partial charge >= 0.3 is 0 Å². The van der Waals surface area contributed by atoms with Crippen molar-refractivity contribution in [2.45, 2.75) is 33.1 Å². The van der Waals surface area contributed by atoms with Crippen molar-refractivity contribution in [2.24, 2.45) is 0 Å². The maximum Gasteiger partial charge on any atom is 0.262 e. The second-order valence-corrected chi connectivity index (χ2v) is 7.00. The summed E-state index contributed by atoms with van der Waals surface area (Å²) in [5, 5.41) is 0.948. The molecule has 2 aromatic carbocycles. The number of carbonyl (C=O) groups excluding carboxylic acids is 1. The lowest BCUT2D eigenvalue weighted by molar-refractivity contribution is 0.0963. The van der Waals surface area contributed by atoms with Crippen molar-refractivity contribution < 1.29 is 9.53 Å². The lowest BCUT2D eigenvalue weighted by Gasteiger charge is -2.23. The molecule has 3 nitrogen and oxygen atoms in total. The number of rotatable bonds is 2. The zero-order valence-electron chi connectivity index (χ0n) is 14.8. The Balaban J connectivity index is 2.29. The van der Waals surface area contributed by atoms with Crippen molar-refractivity contribution in [3.05, 3.63) is 65.4 Å². The summed E-state index contributed by atoms with van der Waals surface area (Å²) in [4.78, 5) is 13.0. The predicted octanol–water partition coefficient (Wildman–Crippen LogP) is 4.74. The standard InChI is InChI=1S/C21H22NO2/c1-14-13-16-17(11-12-18(24-5)19(16)21(2,3)4)22(14)20(23)15-9-7-6-8-10-15/h6-12H,1-5H3. The molecule has 0 fully saturated rings. The molecule has 1 heterocycles. The number of hydrogen-bond donors (Lipinski definition) is 0. The quantitative estimate of drug-likeness (QED) is 0.682. The van der Waals surface area contributed by atoms with Crippen LogP contribution in [0, 0.1) is 13.0 Å². The summed E-state index contributed by atoms with van der Waals surface area (Å²) in [6.45, 7) is 8.34. The van der Waals surface area contributed by atoms with Crippen molar-refractivity contribution in [3.63, 3.8) is 0 Å². The molecule has 0 aliphatic rings. The molecule has 0 saturated heterocycles. The van der Waals surface area contributed by atoms with Gasteiger partial charge in [-0.3, -0.25) is 9.36 Å². The normalized spacial score (nSPS) is 11.7. The number of fused-ring (bicyclic) bond motifs is 1. The van der Waals surface area contributed by atoms with Gasteiger partial charge in [-0.1, -0.05) is 39.0 Å².